The second kappa shape index (κ2) is 41.2. The molecule has 9 amide bonds. The van der Waals surface area contributed by atoms with Gasteiger partial charge < -0.3 is 91.9 Å². The molecule has 14 N–H and O–H groups in total. The standard InChI is InChI=1S/C72H103N11O22S/c1-10-40(4)56-65(95)81-59-46-24-26-47(27-25-46)104-44(8)72(101,38-106-33-18-13-11-12-17-31-73-51(85)22-19-23-52(86)74-35-50-61(91)62(92)69(105-50)83-32-29-54(88)77-71(83)100)30-28-53(87)75-36-55(89)102-37-48(70(99)103-43(7)58(67(97)78-56)80-63(93)41(5)60(90)39(2)3)76-66(96)57(42(6)84)79-64(94)49(82(9)68(59)98)34-45-20-15-14-16-21-45/h14-16,20-21,24-30,32,39-44,48-50,56-62,69,84,90-92,101H,10-13,17-19,22-23,31,33-38H2,1-9H3,(H,73,85)(H,74,86)(H,75,87)(H,76,96)(H,78,97)(H,79,94)(H,80,93)(H,81,95)(H,77,88,100)/b30-28+/t40-,41+,42+,43+,44-,48-,49-,50+,56+,57+,58-,59-,60+,61+,62+,69+,72+/m0/s1. The van der Waals surface area contributed by atoms with E-state index in [4.69, 9.17) is 18.9 Å². The average molecular weight is 1510 g/mol. The molecule has 4 bridgehead atoms. The summed E-state index contributed by atoms with van der Waals surface area (Å²) in [6.45, 7) is 10.3. The van der Waals surface area contributed by atoms with Crippen molar-refractivity contribution >= 4 is 76.9 Å². The molecule has 584 valence electrons. The van der Waals surface area contributed by atoms with Crippen LogP contribution in [0.2, 0.25) is 0 Å². The summed E-state index contributed by atoms with van der Waals surface area (Å²) in [5.74, 6) is -11.7. The maximum atomic E-state index is 15.5. The molecule has 33 nitrogen and oxygen atoms in total. The third-order valence-electron chi connectivity index (χ3n) is 18.8. The Kier molecular flexibility index (Phi) is 33.3. The van der Waals surface area contributed by atoms with Crippen LogP contribution in [0.3, 0.4) is 0 Å². The van der Waals surface area contributed by atoms with Crippen LogP contribution in [0.15, 0.2) is 88.6 Å². The van der Waals surface area contributed by atoms with Gasteiger partial charge in [0, 0.05) is 63.5 Å². The van der Waals surface area contributed by atoms with Gasteiger partial charge in [0.2, 0.25) is 53.2 Å². The maximum Gasteiger partial charge on any atom is 0.332 e. The Morgan fingerprint density at radius 1 is 0.745 bits per heavy atom. The number of benzene rings is 2. The molecule has 2 saturated heterocycles. The number of aliphatic hydroxyl groups is 5. The number of nitrogens with one attached hydrogen (secondary N) is 9. The minimum absolute atomic E-state index is 0.0123. The lowest BCUT2D eigenvalue weighted by Gasteiger charge is -2.34. The van der Waals surface area contributed by atoms with Gasteiger partial charge in [-0.25, -0.2) is 9.59 Å². The fourth-order valence-corrected chi connectivity index (χ4v) is 13.0. The number of aromatic nitrogens is 2. The van der Waals surface area contributed by atoms with Crippen LogP contribution in [-0.4, -0.2) is 228 Å². The highest BCUT2D eigenvalue weighted by Gasteiger charge is 2.46. The van der Waals surface area contributed by atoms with E-state index in [0.29, 0.717) is 30.7 Å². The summed E-state index contributed by atoms with van der Waals surface area (Å²) in [4.78, 5) is 182. The summed E-state index contributed by atoms with van der Waals surface area (Å²) in [6.07, 6.45) is -3.71. The molecular weight excluding hydrogens is 1400 g/mol. The van der Waals surface area contributed by atoms with Crippen molar-refractivity contribution in [3.05, 3.63) is 111 Å². The number of carbonyl (C=O) groups is 11. The molecule has 0 unspecified atom stereocenters. The predicted molar refractivity (Wildman–Crippen MR) is 384 cm³/mol. The quantitative estimate of drug-likeness (QED) is 0.0334. The molecule has 0 radical (unpaired) electrons. The highest BCUT2D eigenvalue weighted by atomic mass is 32.2. The number of amides is 9. The number of nitrogens with zero attached hydrogens (tertiary/aromatic N) is 2. The van der Waals surface area contributed by atoms with Gasteiger partial charge in [-0.2, -0.15) is 11.8 Å². The van der Waals surface area contributed by atoms with Crippen molar-refractivity contribution in [2.24, 2.45) is 17.8 Å². The number of unbranched alkanes of at least 4 members (excludes halogenated alkanes) is 4. The van der Waals surface area contributed by atoms with Gasteiger partial charge in [0.25, 0.3) is 5.56 Å². The van der Waals surface area contributed by atoms with Gasteiger partial charge in [-0.1, -0.05) is 103 Å². The summed E-state index contributed by atoms with van der Waals surface area (Å²) < 4.78 is 24.1. The number of rotatable bonds is 26. The Balaban J connectivity index is 1.19. The van der Waals surface area contributed by atoms with Crippen molar-refractivity contribution < 1.29 is 97.2 Å². The molecule has 2 aromatic carbocycles. The Morgan fingerprint density at radius 3 is 2.06 bits per heavy atom. The van der Waals surface area contributed by atoms with Crippen molar-refractivity contribution in [2.45, 2.75) is 210 Å². The number of aliphatic hydroxyl groups excluding tert-OH is 4. The average Bonchev–Trinajstić information content (AvgIpc) is 1.50. The lowest BCUT2D eigenvalue weighted by molar-refractivity contribution is -0.160. The van der Waals surface area contributed by atoms with E-state index in [0.717, 1.165) is 54.0 Å². The zero-order valence-electron chi connectivity index (χ0n) is 61.1. The molecule has 106 heavy (non-hydrogen) atoms. The van der Waals surface area contributed by atoms with E-state index < -0.39 is 192 Å². The Bertz CT molecular complexity index is 3650. The molecule has 0 aliphatic carbocycles. The Labute approximate surface area is 618 Å². The van der Waals surface area contributed by atoms with Crippen molar-refractivity contribution in [1.82, 2.24) is 57.0 Å². The van der Waals surface area contributed by atoms with Crippen LogP contribution >= 0.6 is 11.8 Å². The second-order valence-corrected chi connectivity index (χ2v) is 28.5. The van der Waals surface area contributed by atoms with E-state index in [1.54, 1.807) is 65.0 Å². The largest absolute Gasteiger partial charge is 0.487 e. The van der Waals surface area contributed by atoms with E-state index in [1.165, 1.54) is 63.0 Å². The number of thioether (sulfide) groups is 1. The second-order valence-electron chi connectivity index (χ2n) is 27.4. The number of fused-ring (bicyclic) bond motifs is 11. The topological polar surface area (TPSA) is 480 Å². The number of carbonyl (C=O) groups excluding carboxylic acids is 11. The van der Waals surface area contributed by atoms with Gasteiger partial charge in [-0.3, -0.25) is 62.3 Å². The van der Waals surface area contributed by atoms with Crippen LogP contribution in [0.1, 0.15) is 137 Å². The zero-order valence-corrected chi connectivity index (χ0v) is 61.9. The highest BCUT2D eigenvalue weighted by Crippen LogP contribution is 2.30. The SMILES string of the molecule is CC[C@H](C)[C@H]1NC(=O)[C@@H](NC(=O)[C@H](C)[C@H](O)C(C)C)[C@@H](C)OC(=O)[C@@H]2COC(=O)CNC(=O)/C=C/[C@@](O)(CSCCCCCCCNC(=O)CCCC(=O)NC[C@H]3O[C@@H](n4ccc(=O)[nH]c4=O)[C@H](O)[C@@H]3O)[C@H](C)Oc3ccc(cc3)[C@H](NC1=O)C(=O)N(C)[C@@H](Cc1ccccc1)C(=O)N[C@H]([C@@H](C)O)C(=O)N2. The van der Waals surface area contributed by atoms with Crippen LogP contribution in [-0.2, 0) is 73.4 Å². The number of hydrogen-bond acceptors (Lipinski definition) is 23. The molecule has 4 aliphatic heterocycles. The molecule has 34 heteroatoms. The molecule has 3 aromatic rings. The third-order valence-corrected chi connectivity index (χ3v) is 20.0. The lowest BCUT2D eigenvalue weighted by atomic mass is 9.93. The van der Waals surface area contributed by atoms with Gasteiger partial charge in [0.05, 0.1) is 18.1 Å². The van der Waals surface area contributed by atoms with Crippen LogP contribution in [0.25, 0.3) is 0 Å². The van der Waals surface area contributed by atoms with Gasteiger partial charge in [0.15, 0.2) is 12.3 Å². The maximum absolute atomic E-state index is 15.5. The van der Waals surface area contributed by atoms with Crippen molar-refractivity contribution in [1.29, 1.82) is 0 Å². The zero-order chi connectivity index (χ0) is 78.1. The molecule has 7 rings (SSSR count). The Hall–Kier alpha value is -9.06. The summed E-state index contributed by atoms with van der Waals surface area (Å²) >= 11 is 1.36. The van der Waals surface area contributed by atoms with Crippen LogP contribution < -0.4 is 58.5 Å². The fraction of sp³-hybridized carbons (Fsp3) is 0.597. The first-order valence-electron chi connectivity index (χ1n) is 35.7. The number of aromatic amines is 1. The summed E-state index contributed by atoms with van der Waals surface area (Å²) in [5.41, 5.74) is -2.75. The molecule has 4 aliphatic rings. The van der Waals surface area contributed by atoms with Gasteiger partial charge >= 0.3 is 17.6 Å². The molecule has 2 fully saturated rings. The van der Waals surface area contributed by atoms with Gasteiger partial charge in [-0.15, -0.1) is 0 Å². The van der Waals surface area contributed by atoms with E-state index in [2.05, 4.69) is 42.5 Å². The van der Waals surface area contributed by atoms with Crippen LogP contribution in [0.5, 0.6) is 5.75 Å². The first kappa shape index (κ1) is 85.9. The molecule has 1 aromatic heterocycles. The molecule has 5 heterocycles. The molecule has 0 saturated carbocycles. The van der Waals surface area contributed by atoms with E-state index in [-0.39, 0.29) is 61.6 Å². The molecule has 17 atom stereocenters. The number of likely N-dealkylation sites (N-methyl/N-ethyl adjacent to an activating group) is 1. The number of cyclic esters (lactones) is 1. The van der Waals surface area contributed by atoms with Gasteiger partial charge in [0.1, 0.15) is 85.2 Å². The highest BCUT2D eigenvalue weighted by molar-refractivity contribution is 7.99. The normalized spacial score (nSPS) is 26.9. The number of H-pyrrole nitrogens is 1. The van der Waals surface area contributed by atoms with E-state index >= 15 is 9.59 Å². The predicted octanol–water partition coefficient (Wildman–Crippen LogP) is -1.14. The summed E-state index contributed by atoms with van der Waals surface area (Å²) in [7, 11) is 1.29. The van der Waals surface area contributed by atoms with Crippen molar-refractivity contribution in [3.8, 4) is 5.75 Å². The molecular formula is C72H103N11O22S. The first-order valence-corrected chi connectivity index (χ1v) is 36.8. The smallest absolute Gasteiger partial charge is 0.332 e. The number of esters is 2. The van der Waals surface area contributed by atoms with E-state index in [9.17, 15) is 78.3 Å². The van der Waals surface area contributed by atoms with Crippen LogP contribution in [0.4, 0.5) is 0 Å². The minimum atomic E-state index is -2.02. The third kappa shape index (κ3) is 25.0. The van der Waals surface area contributed by atoms with Crippen LogP contribution in [0, 0.1) is 17.8 Å². The minimum Gasteiger partial charge on any atom is -0.487 e. The number of hydrogen-bond donors (Lipinski definition) is 14. The summed E-state index contributed by atoms with van der Waals surface area (Å²) in [5, 5.41) is 76.1. The van der Waals surface area contributed by atoms with E-state index in [1.807, 2.05) is 4.98 Å². The summed E-state index contributed by atoms with van der Waals surface area (Å²) in [6, 6.07) is 4.89. The molecule has 0 spiro atoms. The first-order chi connectivity index (χ1) is 50.2. The van der Waals surface area contributed by atoms with Crippen molar-refractivity contribution in [2.75, 3.05) is 44.8 Å². The lowest BCUT2D eigenvalue weighted by Crippen LogP contribution is -2.61. The number of ether oxygens (including phenoxy) is 4. The van der Waals surface area contributed by atoms with Crippen molar-refractivity contribution in [3.63, 3.8) is 0 Å². The van der Waals surface area contributed by atoms with Gasteiger partial charge in [-0.05, 0) is 87.0 Å². The fourth-order valence-electron chi connectivity index (χ4n) is 11.8. The Morgan fingerprint density at radius 2 is 1.40 bits per heavy atom. The monoisotopic (exact) mass is 1510 g/mol.